The average molecular weight is 452 g/mol. The van der Waals surface area contributed by atoms with Crippen molar-refractivity contribution in [1.82, 2.24) is 14.9 Å². The Bertz CT molecular complexity index is 1110. The van der Waals surface area contributed by atoms with E-state index in [2.05, 4.69) is 47.1 Å². The summed E-state index contributed by atoms with van der Waals surface area (Å²) in [5.41, 5.74) is 10.6. The molecule has 0 amide bonds. The van der Waals surface area contributed by atoms with E-state index in [1.807, 2.05) is 24.7 Å². The third kappa shape index (κ3) is 4.69. The third-order valence-corrected chi connectivity index (χ3v) is 6.51. The molecule has 0 saturated carbocycles. The first-order valence-corrected chi connectivity index (χ1v) is 11.1. The predicted octanol–water partition coefficient (Wildman–Crippen LogP) is 6.06. The smallest absolute Gasteiger partial charge is 0.0739 e. The van der Waals surface area contributed by atoms with Gasteiger partial charge in [-0.25, -0.2) is 0 Å². The number of halogens is 2. The molecule has 3 aromatic rings. The van der Waals surface area contributed by atoms with E-state index in [1.165, 1.54) is 44.7 Å². The fourth-order valence-electron chi connectivity index (χ4n) is 4.83. The largest absolute Gasteiger partial charge is 0.298 e. The molecule has 31 heavy (non-hydrogen) atoms. The molecule has 5 rings (SSSR count). The topological polar surface area (TPSA) is 29.0 Å². The van der Waals surface area contributed by atoms with E-state index >= 15 is 0 Å². The van der Waals surface area contributed by atoms with E-state index in [0.717, 1.165) is 50.3 Å². The zero-order valence-electron chi connectivity index (χ0n) is 17.8. The number of hydrogen-bond acceptors (Lipinski definition) is 3. The van der Waals surface area contributed by atoms with Gasteiger partial charge in [0.25, 0.3) is 0 Å². The van der Waals surface area contributed by atoms with E-state index in [-0.39, 0.29) is 12.4 Å². The van der Waals surface area contributed by atoms with Gasteiger partial charge >= 0.3 is 0 Å². The van der Waals surface area contributed by atoms with Crippen LogP contribution in [-0.4, -0.2) is 28.0 Å². The molecule has 1 aliphatic heterocycles. The molecule has 1 aliphatic carbocycles. The lowest BCUT2D eigenvalue weighted by Gasteiger charge is -2.30. The van der Waals surface area contributed by atoms with Gasteiger partial charge in [-0.3, -0.25) is 14.9 Å². The maximum atomic E-state index is 6.34. The molecule has 0 N–H and O–H groups in total. The summed E-state index contributed by atoms with van der Waals surface area (Å²) in [5, 5.41) is 0.818. The number of piperidine rings is 1. The van der Waals surface area contributed by atoms with Crippen molar-refractivity contribution in [2.45, 2.75) is 39.2 Å². The SMILES string of the molecule is Cc1cncc(CN2CCC(=C3c4ccc(Cl)cc4CCc4cccnc43)CC2)c1.Cl. The van der Waals surface area contributed by atoms with E-state index in [9.17, 15) is 0 Å². The van der Waals surface area contributed by atoms with Gasteiger partial charge in [0, 0.05) is 48.8 Å². The molecule has 0 unspecified atom stereocenters. The van der Waals surface area contributed by atoms with Gasteiger partial charge in [-0.15, -0.1) is 12.4 Å². The Kier molecular flexibility index (Phi) is 6.76. The lowest BCUT2D eigenvalue weighted by molar-refractivity contribution is 0.248. The van der Waals surface area contributed by atoms with Crippen LogP contribution < -0.4 is 0 Å². The highest BCUT2D eigenvalue weighted by atomic mass is 35.5. The van der Waals surface area contributed by atoms with Crippen LogP contribution in [0.15, 0.2) is 60.6 Å². The van der Waals surface area contributed by atoms with Gasteiger partial charge in [-0.1, -0.05) is 35.4 Å². The Morgan fingerprint density at radius 1 is 0.968 bits per heavy atom. The minimum Gasteiger partial charge on any atom is -0.298 e. The molecule has 0 radical (unpaired) electrons. The third-order valence-electron chi connectivity index (χ3n) is 6.28. The number of benzene rings is 1. The quantitative estimate of drug-likeness (QED) is 0.474. The lowest BCUT2D eigenvalue weighted by atomic mass is 9.88. The fourth-order valence-corrected chi connectivity index (χ4v) is 5.02. The molecule has 2 aliphatic rings. The van der Waals surface area contributed by atoms with Crippen LogP contribution in [0.5, 0.6) is 0 Å². The van der Waals surface area contributed by atoms with Crippen molar-refractivity contribution in [2.24, 2.45) is 0 Å². The molecule has 0 atom stereocenters. The normalized spacial score (nSPS) is 16.2. The highest BCUT2D eigenvalue weighted by Gasteiger charge is 2.25. The molecule has 1 aromatic carbocycles. The van der Waals surface area contributed by atoms with Gasteiger partial charge in [0.15, 0.2) is 0 Å². The van der Waals surface area contributed by atoms with Crippen LogP contribution in [0.3, 0.4) is 0 Å². The number of likely N-dealkylation sites (tertiary alicyclic amines) is 1. The monoisotopic (exact) mass is 451 g/mol. The molecule has 2 aromatic heterocycles. The van der Waals surface area contributed by atoms with Gasteiger partial charge in [0.1, 0.15) is 0 Å². The molecule has 160 valence electrons. The minimum absolute atomic E-state index is 0. The van der Waals surface area contributed by atoms with Crippen molar-refractivity contribution in [3.05, 3.63) is 99.1 Å². The molecule has 3 nitrogen and oxygen atoms in total. The van der Waals surface area contributed by atoms with Crippen molar-refractivity contribution in [3.63, 3.8) is 0 Å². The summed E-state index contributed by atoms with van der Waals surface area (Å²) in [5.74, 6) is 0. The van der Waals surface area contributed by atoms with Gasteiger partial charge in [0.2, 0.25) is 0 Å². The number of fused-ring (bicyclic) bond motifs is 2. The first-order chi connectivity index (χ1) is 14.7. The predicted molar refractivity (Wildman–Crippen MR) is 130 cm³/mol. The highest BCUT2D eigenvalue weighted by molar-refractivity contribution is 6.30. The van der Waals surface area contributed by atoms with Crippen LogP contribution in [0.4, 0.5) is 0 Å². The van der Waals surface area contributed by atoms with E-state index in [4.69, 9.17) is 16.6 Å². The molecule has 3 heterocycles. The Balaban J connectivity index is 0.00000231. The lowest BCUT2D eigenvalue weighted by Crippen LogP contribution is -2.30. The van der Waals surface area contributed by atoms with Gasteiger partial charge in [-0.2, -0.15) is 0 Å². The Hall–Kier alpha value is -2.20. The second-order valence-electron chi connectivity index (χ2n) is 8.44. The fraction of sp³-hybridized carbons (Fsp3) is 0.308. The van der Waals surface area contributed by atoms with Crippen molar-refractivity contribution in [1.29, 1.82) is 0 Å². The van der Waals surface area contributed by atoms with Crippen LogP contribution in [0.25, 0.3) is 5.57 Å². The standard InChI is InChI=1S/C26H26ClN3.ClH/c1-18-13-19(16-28-15-18)17-30-11-8-20(9-12-30)25-24-7-6-23(27)14-22(24)5-4-21-3-2-10-29-26(21)25;/h2-3,6-7,10,13-16H,4-5,8-9,11-12,17H2,1H3;1H. The highest BCUT2D eigenvalue weighted by Crippen LogP contribution is 2.38. The number of aromatic nitrogens is 2. The second kappa shape index (κ2) is 9.52. The van der Waals surface area contributed by atoms with Crippen LogP contribution in [0.1, 0.15) is 46.4 Å². The number of pyridine rings is 2. The van der Waals surface area contributed by atoms with Crippen molar-refractivity contribution >= 4 is 29.6 Å². The molecular weight excluding hydrogens is 425 g/mol. The number of rotatable bonds is 2. The maximum absolute atomic E-state index is 6.34. The summed E-state index contributed by atoms with van der Waals surface area (Å²) < 4.78 is 0. The van der Waals surface area contributed by atoms with Crippen LogP contribution in [0.2, 0.25) is 5.02 Å². The summed E-state index contributed by atoms with van der Waals surface area (Å²) in [7, 11) is 0. The number of aryl methyl sites for hydroxylation is 3. The molecule has 0 bridgehead atoms. The molecular formula is C26H27Cl2N3. The Morgan fingerprint density at radius 3 is 2.58 bits per heavy atom. The molecule has 0 spiro atoms. The zero-order chi connectivity index (χ0) is 20.5. The van der Waals surface area contributed by atoms with E-state index in [0.29, 0.717) is 0 Å². The Labute approximate surface area is 195 Å². The van der Waals surface area contributed by atoms with Crippen LogP contribution >= 0.6 is 24.0 Å². The summed E-state index contributed by atoms with van der Waals surface area (Å²) in [4.78, 5) is 11.7. The van der Waals surface area contributed by atoms with Crippen molar-refractivity contribution in [3.8, 4) is 0 Å². The van der Waals surface area contributed by atoms with Gasteiger partial charge < -0.3 is 0 Å². The zero-order valence-corrected chi connectivity index (χ0v) is 19.3. The molecule has 1 saturated heterocycles. The summed E-state index contributed by atoms with van der Waals surface area (Å²) in [6.07, 6.45) is 10.0. The van der Waals surface area contributed by atoms with Crippen molar-refractivity contribution < 1.29 is 0 Å². The summed E-state index contributed by atoms with van der Waals surface area (Å²) in [6, 6.07) is 12.9. The average Bonchev–Trinajstić information content (AvgIpc) is 2.91. The maximum Gasteiger partial charge on any atom is 0.0739 e. The first kappa shape index (κ1) is 22.0. The van der Waals surface area contributed by atoms with Crippen LogP contribution in [0, 0.1) is 6.92 Å². The summed E-state index contributed by atoms with van der Waals surface area (Å²) in [6.45, 7) is 5.21. The van der Waals surface area contributed by atoms with E-state index < -0.39 is 0 Å². The van der Waals surface area contributed by atoms with E-state index in [1.54, 1.807) is 0 Å². The first-order valence-electron chi connectivity index (χ1n) is 10.8. The Morgan fingerprint density at radius 2 is 1.77 bits per heavy atom. The number of nitrogens with zero attached hydrogens (tertiary/aromatic N) is 3. The second-order valence-corrected chi connectivity index (χ2v) is 8.87. The van der Waals surface area contributed by atoms with Crippen LogP contribution in [-0.2, 0) is 19.4 Å². The minimum atomic E-state index is 0. The van der Waals surface area contributed by atoms with Crippen molar-refractivity contribution in [2.75, 3.05) is 13.1 Å². The number of hydrogen-bond donors (Lipinski definition) is 0. The molecule has 1 fully saturated rings. The van der Waals surface area contributed by atoms with Gasteiger partial charge in [0.05, 0.1) is 5.69 Å². The summed E-state index contributed by atoms with van der Waals surface area (Å²) >= 11 is 6.34. The van der Waals surface area contributed by atoms with Gasteiger partial charge in [-0.05, 0) is 78.6 Å². The molecule has 5 heteroatoms.